The number of carbonyl (C=O) groups excluding carboxylic acids is 4. The summed E-state index contributed by atoms with van der Waals surface area (Å²) in [6, 6.07) is 0. The number of carbonyl (C=O) groups is 4. The fourth-order valence-corrected chi connectivity index (χ4v) is 12.1. The molecule has 614 valence electrons. The molecule has 0 saturated carbocycles. The van der Waals surface area contributed by atoms with Gasteiger partial charge in [-0.1, -0.05) is 288 Å². The maximum Gasteiger partial charge on any atom is 0.472 e. The number of ether oxygens (including phenoxy) is 4. The van der Waals surface area contributed by atoms with E-state index in [-0.39, 0.29) is 25.7 Å². The number of aliphatic hydroxyl groups is 1. The molecule has 0 aliphatic rings. The van der Waals surface area contributed by atoms with Gasteiger partial charge in [0.15, 0.2) is 12.2 Å². The minimum absolute atomic E-state index is 0.0719. The van der Waals surface area contributed by atoms with Crippen LogP contribution in [-0.2, 0) is 65.4 Å². The Balaban J connectivity index is 5.45. The van der Waals surface area contributed by atoms with E-state index in [2.05, 4.69) is 198 Å². The van der Waals surface area contributed by atoms with Gasteiger partial charge in [0.25, 0.3) is 0 Å². The molecule has 17 nitrogen and oxygen atoms in total. The number of hydrogen-bond donors (Lipinski definition) is 3. The van der Waals surface area contributed by atoms with Crippen molar-refractivity contribution in [1.29, 1.82) is 0 Å². The SMILES string of the molecule is CC/C=C\C/C=C\C/C=C\C/C=C\CCCCCCC(=O)OCC(COP(=O)(O)OCC(O)COP(=O)(O)OCC(COC(=O)CCCCCC/C=C\C/C=C\C/C=C\C/C=C\CC)OC(=O)CCCCCCCCC/C=C\C/C=C\C/C=C\CC)OC(=O)CCCCCCCCC/C=C\C/C=C\C/C=C\CC. The molecule has 4 atom stereocenters. The van der Waals surface area contributed by atoms with E-state index in [1.807, 2.05) is 0 Å². The van der Waals surface area contributed by atoms with Gasteiger partial charge in [0.05, 0.1) is 26.4 Å². The molecule has 0 aromatic carbocycles. The van der Waals surface area contributed by atoms with Gasteiger partial charge in [-0.15, -0.1) is 0 Å². The molecular formula is C89H146O17P2. The van der Waals surface area contributed by atoms with Crippen LogP contribution < -0.4 is 0 Å². The number of phosphoric acid groups is 2. The highest BCUT2D eigenvalue weighted by Gasteiger charge is 2.30. The van der Waals surface area contributed by atoms with Crippen LogP contribution in [0.5, 0.6) is 0 Å². The molecule has 0 fully saturated rings. The summed E-state index contributed by atoms with van der Waals surface area (Å²) >= 11 is 0. The summed E-state index contributed by atoms with van der Waals surface area (Å²) in [5, 5.41) is 10.7. The van der Waals surface area contributed by atoms with Crippen molar-refractivity contribution in [1.82, 2.24) is 0 Å². The van der Waals surface area contributed by atoms with Crippen molar-refractivity contribution in [3.63, 3.8) is 0 Å². The predicted molar refractivity (Wildman–Crippen MR) is 445 cm³/mol. The largest absolute Gasteiger partial charge is 0.472 e. The van der Waals surface area contributed by atoms with Crippen LogP contribution in [0.3, 0.4) is 0 Å². The van der Waals surface area contributed by atoms with Crippen LogP contribution in [0.4, 0.5) is 0 Å². The topological polar surface area (TPSA) is 237 Å². The number of rotatable bonds is 76. The standard InChI is InChI=1S/C89H146O17P2/c1-5-9-13-17-21-25-29-33-37-41-45-49-53-57-61-65-69-73-86(91)99-79-84(105-88(93)75-71-67-63-59-55-51-47-43-39-35-31-27-23-19-15-11-7-3)81-103-107(95,96)101-77-83(90)78-102-108(97,98)104-82-85(106-89(94)76-72-68-64-60-56-52-48-44-40-36-32-28-24-20-16-12-8-4)80-100-87(92)74-70-66-62-58-54-50-46-42-38-34-30-26-22-18-14-10-6-2/h9-16,21-28,33-40,45-46,49-50,83-85,90H,5-8,17-20,29-32,41-44,47-48,51-82H2,1-4H3,(H,95,96)(H,97,98)/b13-9-,14-10-,15-11-,16-12-,25-21-,26-22-,27-23-,28-24-,37-33-,38-34-,39-35-,40-36-,49-45-,50-46-. The van der Waals surface area contributed by atoms with Gasteiger partial charge in [-0.05, 0) is 167 Å². The number of phosphoric ester groups is 2. The summed E-state index contributed by atoms with van der Waals surface area (Å²) in [5.41, 5.74) is 0. The molecule has 3 N–H and O–H groups in total. The van der Waals surface area contributed by atoms with Gasteiger partial charge in [0.1, 0.15) is 19.3 Å². The zero-order valence-electron chi connectivity index (χ0n) is 67.2. The molecule has 0 bridgehead atoms. The third-order valence-corrected chi connectivity index (χ3v) is 18.6. The van der Waals surface area contributed by atoms with Crippen LogP contribution in [0, 0.1) is 0 Å². The van der Waals surface area contributed by atoms with Crippen molar-refractivity contribution in [2.24, 2.45) is 0 Å². The minimum atomic E-state index is -5.00. The van der Waals surface area contributed by atoms with E-state index < -0.39 is 97.5 Å². The van der Waals surface area contributed by atoms with Crippen molar-refractivity contribution in [3.8, 4) is 0 Å². The second kappa shape index (κ2) is 79.5. The first-order valence-electron chi connectivity index (χ1n) is 41.4. The maximum atomic E-state index is 13.1. The molecule has 0 heterocycles. The molecule has 0 amide bonds. The van der Waals surface area contributed by atoms with Crippen molar-refractivity contribution in [2.75, 3.05) is 39.6 Å². The monoisotopic (exact) mass is 1550 g/mol. The zero-order valence-corrected chi connectivity index (χ0v) is 69.0. The van der Waals surface area contributed by atoms with E-state index in [9.17, 15) is 43.2 Å². The number of hydrogen-bond acceptors (Lipinski definition) is 15. The van der Waals surface area contributed by atoms with Crippen LogP contribution in [0.1, 0.15) is 310 Å². The average molecular weight is 1550 g/mol. The Morgan fingerprint density at radius 1 is 0.259 bits per heavy atom. The van der Waals surface area contributed by atoms with Gasteiger partial charge in [-0.3, -0.25) is 37.3 Å². The molecule has 19 heteroatoms. The molecule has 4 unspecified atom stereocenters. The molecule has 108 heavy (non-hydrogen) atoms. The average Bonchev–Trinajstić information content (AvgIpc) is 0.880. The van der Waals surface area contributed by atoms with Gasteiger partial charge >= 0.3 is 39.5 Å². The Hall–Kier alpha value is -5.58. The molecular weight excluding hydrogens is 1400 g/mol. The van der Waals surface area contributed by atoms with E-state index in [1.165, 1.54) is 0 Å². The van der Waals surface area contributed by atoms with E-state index in [1.54, 1.807) is 0 Å². The lowest BCUT2D eigenvalue weighted by molar-refractivity contribution is -0.161. The normalized spacial score (nSPS) is 14.7. The summed E-state index contributed by atoms with van der Waals surface area (Å²) in [6.45, 7) is 4.36. The van der Waals surface area contributed by atoms with Crippen LogP contribution in [0.15, 0.2) is 170 Å². The van der Waals surface area contributed by atoms with E-state index in [0.29, 0.717) is 25.7 Å². The molecule has 0 radical (unpaired) electrons. The molecule has 0 spiro atoms. The smallest absolute Gasteiger partial charge is 0.462 e. The lowest BCUT2D eigenvalue weighted by Gasteiger charge is -2.21. The molecule has 0 aliphatic heterocycles. The number of esters is 4. The molecule has 0 rings (SSSR count). The summed E-state index contributed by atoms with van der Waals surface area (Å²) in [6.07, 6.45) is 94.6. The van der Waals surface area contributed by atoms with Crippen molar-refractivity contribution in [3.05, 3.63) is 170 Å². The van der Waals surface area contributed by atoms with Crippen molar-refractivity contribution in [2.45, 2.75) is 329 Å². The highest BCUT2D eigenvalue weighted by atomic mass is 31.2. The third kappa shape index (κ3) is 78.5. The number of allylic oxidation sites excluding steroid dienone is 28. The molecule has 0 aliphatic carbocycles. The lowest BCUT2D eigenvalue weighted by Crippen LogP contribution is -2.30. The minimum Gasteiger partial charge on any atom is -0.462 e. The predicted octanol–water partition coefficient (Wildman–Crippen LogP) is 24.6. The molecule has 0 aromatic heterocycles. The van der Waals surface area contributed by atoms with E-state index in [4.69, 9.17) is 37.0 Å². The zero-order chi connectivity index (χ0) is 78.9. The first-order valence-corrected chi connectivity index (χ1v) is 44.4. The Kier molecular flexibility index (Phi) is 75.4. The van der Waals surface area contributed by atoms with E-state index in [0.717, 1.165) is 231 Å². The Bertz CT molecular complexity index is 2530. The summed E-state index contributed by atoms with van der Waals surface area (Å²) in [4.78, 5) is 73.2. The van der Waals surface area contributed by atoms with Gasteiger partial charge in [-0.2, -0.15) is 0 Å². The fraction of sp³-hybridized carbons (Fsp3) is 0.640. The maximum absolute atomic E-state index is 13.1. The first kappa shape index (κ1) is 102. The quantitative estimate of drug-likeness (QED) is 0.0169. The second-order valence-electron chi connectivity index (χ2n) is 26.9. The molecule has 0 saturated heterocycles. The number of unbranched alkanes of at least 4 members (excludes halogenated alkanes) is 22. The van der Waals surface area contributed by atoms with Crippen molar-refractivity contribution < 1.29 is 80.2 Å². The third-order valence-electron chi connectivity index (χ3n) is 16.7. The van der Waals surface area contributed by atoms with Gasteiger partial charge in [0.2, 0.25) is 0 Å². The number of aliphatic hydroxyl groups excluding tert-OH is 1. The van der Waals surface area contributed by atoms with Crippen molar-refractivity contribution >= 4 is 39.5 Å². The highest BCUT2D eigenvalue weighted by molar-refractivity contribution is 7.47. The first-order chi connectivity index (χ1) is 52.7. The summed E-state index contributed by atoms with van der Waals surface area (Å²) in [5.74, 6) is -2.26. The Morgan fingerprint density at radius 3 is 0.694 bits per heavy atom. The van der Waals surface area contributed by atoms with Crippen LogP contribution in [0.25, 0.3) is 0 Å². The Labute approximate surface area is 654 Å². The van der Waals surface area contributed by atoms with Gasteiger partial charge in [-0.25, -0.2) is 9.13 Å². The summed E-state index contributed by atoms with van der Waals surface area (Å²) < 4.78 is 68.7. The van der Waals surface area contributed by atoms with Gasteiger partial charge in [0, 0.05) is 25.7 Å². The van der Waals surface area contributed by atoms with Crippen LogP contribution in [0.2, 0.25) is 0 Å². The molecule has 0 aromatic rings. The van der Waals surface area contributed by atoms with E-state index >= 15 is 0 Å². The highest BCUT2D eigenvalue weighted by Crippen LogP contribution is 2.45. The lowest BCUT2D eigenvalue weighted by atomic mass is 10.1. The van der Waals surface area contributed by atoms with Crippen LogP contribution >= 0.6 is 15.6 Å². The fourth-order valence-electron chi connectivity index (χ4n) is 10.5. The second-order valence-corrected chi connectivity index (χ2v) is 29.8. The summed E-state index contributed by atoms with van der Waals surface area (Å²) in [7, 11) is -10.00. The van der Waals surface area contributed by atoms with Gasteiger partial charge < -0.3 is 33.8 Å². The Morgan fingerprint density at radius 2 is 0.454 bits per heavy atom. The van der Waals surface area contributed by atoms with Crippen LogP contribution in [-0.4, -0.2) is 96.7 Å².